The van der Waals surface area contributed by atoms with Crippen molar-refractivity contribution in [1.29, 1.82) is 0 Å². The van der Waals surface area contributed by atoms with Crippen LogP contribution in [0.15, 0.2) is 24.3 Å². The Morgan fingerprint density at radius 2 is 2.14 bits per heavy atom. The second-order valence-corrected chi connectivity index (χ2v) is 6.44. The average Bonchev–Trinajstić information content (AvgIpc) is 3.13. The molecule has 2 fully saturated rings. The second-order valence-electron chi connectivity index (χ2n) is 6.44. The lowest BCUT2D eigenvalue weighted by molar-refractivity contribution is -0.127. The minimum Gasteiger partial charge on any atom is -0.496 e. The molecule has 0 saturated heterocycles. The van der Waals surface area contributed by atoms with Crippen molar-refractivity contribution in [3.05, 3.63) is 29.8 Å². The zero-order valence-corrected chi connectivity index (χ0v) is 12.9. The fraction of sp³-hybridized carbons (Fsp3) is 0.588. The Bertz CT molecular complexity index is 546. The first-order valence-electron chi connectivity index (χ1n) is 7.96. The summed E-state index contributed by atoms with van der Waals surface area (Å²) in [5.74, 6) is 1.43. The number of hydrogen-bond donors (Lipinski definition) is 3. The van der Waals surface area contributed by atoms with Crippen molar-refractivity contribution in [2.45, 2.75) is 31.4 Å². The van der Waals surface area contributed by atoms with E-state index in [1.54, 1.807) is 19.2 Å². The highest BCUT2D eigenvalue weighted by atomic mass is 16.5. The lowest BCUT2D eigenvalue weighted by atomic mass is 9.84. The standard InChI is InChI=1S/C17H24N2O3/c1-22-14-5-3-2-4-12(14)13(20)9-19-17(21)15-10-6-7-11(8-10)16(15)18/h2-5,10-11,13,15-16,20H,6-9,18H2,1H3,(H,19,21). The van der Waals surface area contributed by atoms with Crippen molar-refractivity contribution >= 4 is 5.91 Å². The van der Waals surface area contributed by atoms with Crippen LogP contribution >= 0.6 is 0 Å². The first-order chi connectivity index (χ1) is 10.6. The molecule has 2 bridgehead atoms. The third-order valence-corrected chi connectivity index (χ3v) is 5.25. The smallest absolute Gasteiger partial charge is 0.225 e. The van der Waals surface area contributed by atoms with Gasteiger partial charge >= 0.3 is 0 Å². The highest BCUT2D eigenvalue weighted by Crippen LogP contribution is 2.47. The maximum atomic E-state index is 12.4. The van der Waals surface area contributed by atoms with E-state index in [9.17, 15) is 9.90 Å². The Labute approximate surface area is 130 Å². The zero-order valence-electron chi connectivity index (χ0n) is 12.9. The van der Waals surface area contributed by atoms with Gasteiger partial charge in [-0.25, -0.2) is 0 Å². The second kappa shape index (κ2) is 6.26. The van der Waals surface area contributed by atoms with E-state index in [2.05, 4.69) is 5.32 Å². The van der Waals surface area contributed by atoms with Crippen LogP contribution in [0.3, 0.4) is 0 Å². The Morgan fingerprint density at radius 3 is 2.82 bits per heavy atom. The zero-order chi connectivity index (χ0) is 15.7. The molecule has 5 heteroatoms. The van der Waals surface area contributed by atoms with Gasteiger partial charge in [0.25, 0.3) is 0 Å². The van der Waals surface area contributed by atoms with Crippen LogP contribution in [-0.4, -0.2) is 30.7 Å². The molecule has 2 saturated carbocycles. The average molecular weight is 304 g/mol. The summed E-state index contributed by atoms with van der Waals surface area (Å²) in [7, 11) is 1.57. The number of para-hydroxylation sites is 1. The number of carbonyl (C=O) groups excluding carboxylic acids is 1. The molecule has 120 valence electrons. The van der Waals surface area contributed by atoms with E-state index in [0.29, 0.717) is 23.1 Å². The maximum Gasteiger partial charge on any atom is 0.225 e. The van der Waals surface area contributed by atoms with E-state index in [4.69, 9.17) is 10.5 Å². The van der Waals surface area contributed by atoms with Crippen LogP contribution in [-0.2, 0) is 4.79 Å². The minimum atomic E-state index is -0.782. The summed E-state index contributed by atoms with van der Waals surface area (Å²) < 4.78 is 5.24. The van der Waals surface area contributed by atoms with Crippen LogP contribution in [0.1, 0.15) is 30.9 Å². The van der Waals surface area contributed by atoms with Gasteiger partial charge in [-0.1, -0.05) is 18.2 Å². The monoisotopic (exact) mass is 304 g/mol. The molecule has 5 unspecified atom stereocenters. The third-order valence-electron chi connectivity index (χ3n) is 5.25. The largest absolute Gasteiger partial charge is 0.496 e. The number of nitrogens with one attached hydrogen (secondary N) is 1. The summed E-state index contributed by atoms with van der Waals surface area (Å²) in [5, 5.41) is 13.2. The van der Waals surface area contributed by atoms with Crippen LogP contribution in [0, 0.1) is 17.8 Å². The number of aliphatic hydroxyl groups excluding tert-OH is 1. The fourth-order valence-corrected chi connectivity index (χ4v) is 4.09. The number of fused-ring (bicyclic) bond motifs is 2. The molecule has 2 aliphatic rings. The quantitative estimate of drug-likeness (QED) is 0.763. The Balaban J connectivity index is 1.59. The first-order valence-corrected chi connectivity index (χ1v) is 7.96. The van der Waals surface area contributed by atoms with Crippen molar-refractivity contribution < 1.29 is 14.6 Å². The topological polar surface area (TPSA) is 84.6 Å². The predicted molar refractivity (Wildman–Crippen MR) is 83.3 cm³/mol. The van der Waals surface area contributed by atoms with Gasteiger partial charge in [-0.3, -0.25) is 4.79 Å². The highest BCUT2D eigenvalue weighted by molar-refractivity contribution is 5.80. The molecule has 1 aromatic carbocycles. The molecule has 0 aliphatic heterocycles. The summed E-state index contributed by atoms with van der Waals surface area (Å²) in [6.07, 6.45) is 2.55. The number of aliphatic hydroxyl groups is 1. The molecular formula is C17H24N2O3. The van der Waals surface area contributed by atoms with Crippen molar-refractivity contribution in [2.24, 2.45) is 23.5 Å². The summed E-state index contributed by atoms with van der Waals surface area (Å²) in [6.45, 7) is 0.180. The molecule has 1 amide bonds. The molecule has 3 rings (SSSR count). The van der Waals surface area contributed by atoms with E-state index in [-0.39, 0.29) is 24.4 Å². The molecular weight excluding hydrogens is 280 g/mol. The minimum absolute atomic E-state index is 0.0198. The normalized spacial score (nSPS) is 31.0. The van der Waals surface area contributed by atoms with Gasteiger partial charge in [-0.2, -0.15) is 0 Å². The van der Waals surface area contributed by atoms with Gasteiger partial charge in [-0.15, -0.1) is 0 Å². The van der Waals surface area contributed by atoms with Gasteiger partial charge in [-0.05, 0) is 37.2 Å². The molecule has 5 atom stereocenters. The van der Waals surface area contributed by atoms with Crippen molar-refractivity contribution in [3.8, 4) is 5.75 Å². The van der Waals surface area contributed by atoms with Gasteiger partial charge in [0.1, 0.15) is 5.75 Å². The Morgan fingerprint density at radius 1 is 1.41 bits per heavy atom. The van der Waals surface area contributed by atoms with Gasteiger partial charge in [0.05, 0.1) is 19.1 Å². The third kappa shape index (κ3) is 2.71. The predicted octanol–water partition coefficient (Wildman–Crippen LogP) is 1.22. The molecule has 0 radical (unpaired) electrons. The summed E-state index contributed by atoms with van der Waals surface area (Å²) in [6, 6.07) is 7.27. The number of nitrogens with two attached hydrogens (primary N) is 1. The van der Waals surface area contributed by atoms with Crippen LogP contribution < -0.4 is 15.8 Å². The van der Waals surface area contributed by atoms with E-state index in [0.717, 1.165) is 19.3 Å². The Hall–Kier alpha value is -1.59. The number of methoxy groups -OCH3 is 1. The van der Waals surface area contributed by atoms with Crippen LogP contribution in [0.25, 0.3) is 0 Å². The van der Waals surface area contributed by atoms with Gasteiger partial charge in [0.15, 0.2) is 0 Å². The van der Waals surface area contributed by atoms with Crippen LogP contribution in [0.5, 0.6) is 5.75 Å². The number of benzene rings is 1. The summed E-state index contributed by atoms with van der Waals surface area (Å²) in [4.78, 5) is 12.4. The first kappa shape index (κ1) is 15.3. The lowest BCUT2D eigenvalue weighted by Gasteiger charge is -2.27. The SMILES string of the molecule is COc1ccccc1C(O)CNC(=O)C1C2CCC(C2)C1N. The highest BCUT2D eigenvalue weighted by Gasteiger charge is 2.48. The van der Waals surface area contributed by atoms with Gasteiger partial charge in [0.2, 0.25) is 5.91 Å². The number of hydrogen-bond acceptors (Lipinski definition) is 4. The van der Waals surface area contributed by atoms with Crippen LogP contribution in [0.2, 0.25) is 0 Å². The molecule has 0 heterocycles. The molecule has 1 aromatic rings. The molecule has 0 spiro atoms. The number of ether oxygens (including phenoxy) is 1. The van der Waals surface area contributed by atoms with Crippen molar-refractivity contribution in [2.75, 3.05) is 13.7 Å². The summed E-state index contributed by atoms with van der Waals surface area (Å²) >= 11 is 0. The lowest BCUT2D eigenvalue weighted by Crippen LogP contribution is -2.46. The van der Waals surface area contributed by atoms with Crippen molar-refractivity contribution in [1.82, 2.24) is 5.32 Å². The Kier molecular flexibility index (Phi) is 4.36. The fourth-order valence-electron chi connectivity index (χ4n) is 4.09. The van der Waals surface area contributed by atoms with Gasteiger partial charge in [0, 0.05) is 18.2 Å². The van der Waals surface area contributed by atoms with E-state index < -0.39 is 6.10 Å². The molecule has 5 nitrogen and oxygen atoms in total. The van der Waals surface area contributed by atoms with E-state index in [1.165, 1.54) is 0 Å². The maximum absolute atomic E-state index is 12.4. The van der Waals surface area contributed by atoms with Gasteiger partial charge < -0.3 is 20.9 Å². The van der Waals surface area contributed by atoms with E-state index in [1.807, 2.05) is 12.1 Å². The van der Waals surface area contributed by atoms with Crippen LogP contribution in [0.4, 0.5) is 0 Å². The number of rotatable bonds is 5. The summed E-state index contributed by atoms with van der Waals surface area (Å²) in [5.41, 5.74) is 6.87. The molecule has 2 aliphatic carbocycles. The number of amides is 1. The van der Waals surface area contributed by atoms with Crippen molar-refractivity contribution in [3.63, 3.8) is 0 Å². The molecule has 0 aromatic heterocycles. The van der Waals surface area contributed by atoms with E-state index >= 15 is 0 Å². The number of carbonyl (C=O) groups is 1. The molecule has 22 heavy (non-hydrogen) atoms. The molecule has 4 N–H and O–H groups in total.